The Hall–Kier alpha value is -0.340. The molecule has 94 valence electrons. The van der Waals surface area contributed by atoms with Crippen molar-refractivity contribution in [3.63, 3.8) is 0 Å². The fourth-order valence-electron chi connectivity index (χ4n) is 2.76. The largest absolute Gasteiger partial charge is 0.307 e. The summed E-state index contributed by atoms with van der Waals surface area (Å²) >= 11 is 3.54. The summed E-state index contributed by atoms with van der Waals surface area (Å²) < 4.78 is 1.17. The number of hydrogen-bond donors (Lipinski definition) is 1. The van der Waals surface area contributed by atoms with Crippen molar-refractivity contribution in [3.8, 4) is 0 Å². The second-order valence-electron chi connectivity index (χ2n) is 5.31. The van der Waals surface area contributed by atoms with E-state index in [0.717, 1.165) is 5.92 Å². The van der Waals surface area contributed by atoms with Crippen molar-refractivity contribution in [2.75, 3.05) is 0 Å². The summed E-state index contributed by atoms with van der Waals surface area (Å²) in [6.45, 7) is 4.65. The fourth-order valence-corrected chi connectivity index (χ4v) is 3.17. The monoisotopic (exact) mass is 295 g/mol. The molecule has 0 bridgehead atoms. The molecule has 1 nitrogen and oxygen atoms in total. The van der Waals surface area contributed by atoms with Crippen molar-refractivity contribution in [1.29, 1.82) is 0 Å². The predicted octanol–water partition coefficient (Wildman–Crippen LogP) is 4.68. The molecule has 1 N–H and O–H groups in total. The number of rotatable bonds is 3. The third-order valence-electron chi connectivity index (χ3n) is 3.92. The van der Waals surface area contributed by atoms with Crippen molar-refractivity contribution in [1.82, 2.24) is 5.32 Å². The van der Waals surface area contributed by atoms with Gasteiger partial charge in [0.15, 0.2) is 0 Å². The molecule has 0 amide bonds. The van der Waals surface area contributed by atoms with Crippen LogP contribution in [0.5, 0.6) is 0 Å². The molecule has 1 fully saturated rings. The zero-order valence-corrected chi connectivity index (χ0v) is 12.3. The van der Waals surface area contributed by atoms with Crippen LogP contribution in [0.15, 0.2) is 28.7 Å². The molecule has 0 radical (unpaired) electrons. The van der Waals surface area contributed by atoms with Crippen LogP contribution in [0.25, 0.3) is 0 Å². The normalized spacial score (nSPS) is 26.8. The Kier molecular flexibility index (Phi) is 4.63. The summed E-state index contributed by atoms with van der Waals surface area (Å²) in [5.41, 5.74) is 1.37. The maximum absolute atomic E-state index is 3.79. The summed E-state index contributed by atoms with van der Waals surface area (Å²) in [4.78, 5) is 0. The van der Waals surface area contributed by atoms with Crippen LogP contribution in [-0.2, 0) is 0 Å². The smallest absolute Gasteiger partial charge is 0.0294 e. The van der Waals surface area contributed by atoms with Gasteiger partial charge in [0, 0.05) is 16.6 Å². The summed E-state index contributed by atoms with van der Waals surface area (Å²) in [6, 6.07) is 9.75. The molecule has 1 aromatic carbocycles. The molecule has 1 aliphatic carbocycles. The Morgan fingerprint density at radius 3 is 2.76 bits per heavy atom. The zero-order valence-electron chi connectivity index (χ0n) is 10.7. The Bertz CT molecular complexity index is 364. The molecule has 17 heavy (non-hydrogen) atoms. The maximum atomic E-state index is 3.79. The lowest BCUT2D eigenvalue weighted by Crippen LogP contribution is -2.38. The molecule has 0 aliphatic heterocycles. The molecule has 0 heterocycles. The highest BCUT2D eigenvalue weighted by Crippen LogP contribution is 2.26. The highest BCUT2D eigenvalue weighted by Gasteiger charge is 2.22. The summed E-state index contributed by atoms with van der Waals surface area (Å²) in [6.07, 6.45) is 5.50. The van der Waals surface area contributed by atoms with Crippen LogP contribution in [0, 0.1) is 5.92 Å². The zero-order chi connectivity index (χ0) is 12.3. The summed E-state index contributed by atoms with van der Waals surface area (Å²) in [5, 5.41) is 3.79. The van der Waals surface area contributed by atoms with Crippen LogP contribution in [0.3, 0.4) is 0 Å². The summed E-state index contributed by atoms with van der Waals surface area (Å²) in [7, 11) is 0. The van der Waals surface area contributed by atoms with E-state index in [1.54, 1.807) is 0 Å². The topological polar surface area (TPSA) is 12.0 Å². The predicted molar refractivity (Wildman–Crippen MR) is 77.1 cm³/mol. The van der Waals surface area contributed by atoms with Crippen molar-refractivity contribution in [2.45, 2.75) is 51.6 Å². The quantitative estimate of drug-likeness (QED) is 0.854. The minimum atomic E-state index is 0.443. The molecule has 1 aromatic rings. The van der Waals surface area contributed by atoms with Gasteiger partial charge in [0.05, 0.1) is 0 Å². The molecule has 2 unspecified atom stereocenters. The third-order valence-corrected chi connectivity index (χ3v) is 4.42. The van der Waals surface area contributed by atoms with E-state index < -0.39 is 0 Å². The van der Waals surface area contributed by atoms with E-state index in [9.17, 15) is 0 Å². The van der Waals surface area contributed by atoms with E-state index in [-0.39, 0.29) is 0 Å². The van der Waals surface area contributed by atoms with E-state index in [1.165, 1.54) is 35.7 Å². The first-order valence-corrected chi connectivity index (χ1v) is 7.47. The highest BCUT2D eigenvalue weighted by atomic mass is 79.9. The Morgan fingerprint density at radius 2 is 2.06 bits per heavy atom. The molecule has 2 rings (SSSR count). The van der Waals surface area contributed by atoms with Gasteiger partial charge >= 0.3 is 0 Å². The highest BCUT2D eigenvalue weighted by molar-refractivity contribution is 9.10. The number of halogens is 1. The molecule has 2 heteroatoms. The third kappa shape index (κ3) is 3.56. The van der Waals surface area contributed by atoms with E-state index >= 15 is 0 Å². The van der Waals surface area contributed by atoms with Crippen LogP contribution in [-0.4, -0.2) is 6.04 Å². The minimum absolute atomic E-state index is 0.443. The van der Waals surface area contributed by atoms with Crippen LogP contribution < -0.4 is 5.32 Å². The van der Waals surface area contributed by atoms with E-state index in [4.69, 9.17) is 0 Å². The molecular formula is C15H22BrN. The molecule has 0 aromatic heterocycles. The number of benzene rings is 1. The molecule has 3 atom stereocenters. The molecule has 0 saturated heterocycles. The number of nitrogens with one attached hydrogen (secondary N) is 1. The van der Waals surface area contributed by atoms with E-state index in [0.29, 0.717) is 12.1 Å². The average Bonchev–Trinajstić information content (AvgIpc) is 2.32. The average molecular weight is 296 g/mol. The molecule has 1 aliphatic rings. The Balaban J connectivity index is 1.98. The standard InChI is InChI=1S/C15H22BrN/c1-11-6-3-4-9-15(11)17-12(2)13-7-5-8-14(16)10-13/h5,7-8,10-12,15,17H,3-4,6,9H2,1-2H3/t11?,12-,15?/m1/s1. The van der Waals surface area contributed by atoms with Gasteiger partial charge in [-0.15, -0.1) is 0 Å². The van der Waals surface area contributed by atoms with E-state index in [2.05, 4.69) is 59.4 Å². The lowest BCUT2D eigenvalue weighted by Gasteiger charge is -2.32. The van der Waals surface area contributed by atoms with Crippen LogP contribution in [0.4, 0.5) is 0 Å². The van der Waals surface area contributed by atoms with Gasteiger partial charge in [-0.3, -0.25) is 0 Å². The van der Waals surface area contributed by atoms with Crippen LogP contribution in [0.1, 0.15) is 51.1 Å². The van der Waals surface area contributed by atoms with Gasteiger partial charge in [-0.05, 0) is 43.4 Å². The van der Waals surface area contributed by atoms with Crippen molar-refractivity contribution in [3.05, 3.63) is 34.3 Å². The first-order valence-electron chi connectivity index (χ1n) is 6.68. The minimum Gasteiger partial charge on any atom is -0.307 e. The fraction of sp³-hybridized carbons (Fsp3) is 0.600. The SMILES string of the molecule is CC1CCCCC1N[C@H](C)c1cccc(Br)c1. The van der Waals surface area contributed by atoms with Crippen molar-refractivity contribution < 1.29 is 0 Å². The van der Waals surface area contributed by atoms with Crippen LogP contribution in [0.2, 0.25) is 0 Å². The van der Waals surface area contributed by atoms with Gasteiger partial charge in [-0.1, -0.05) is 47.8 Å². The van der Waals surface area contributed by atoms with Crippen LogP contribution >= 0.6 is 15.9 Å². The second kappa shape index (κ2) is 6.01. The van der Waals surface area contributed by atoms with Gasteiger partial charge in [-0.2, -0.15) is 0 Å². The van der Waals surface area contributed by atoms with Gasteiger partial charge in [-0.25, -0.2) is 0 Å². The molecule has 1 saturated carbocycles. The second-order valence-corrected chi connectivity index (χ2v) is 6.23. The van der Waals surface area contributed by atoms with Gasteiger partial charge in [0.25, 0.3) is 0 Å². The maximum Gasteiger partial charge on any atom is 0.0294 e. The first-order chi connectivity index (χ1) is 8.16. The number of hydrogen-bond acceptors (Lipinski definition) is 1. The Morgan fingerprint density at radius 1 is 1.29 bits per heavy atom. The van der Waals surface area contributed by atoms with Gasteiger partial charge in [0.2, 0.25) is 0 Å². The van der Waals surface area contributed by atoms with Crippen molar-refractivity contribution in [2.24, 2.45) is 5.92 Å². The van der Waals surface area contributed by atoms with Gasteiger partial charge < -0.3 is 5.32 Å². The lowest BCUT2D eigenvalue weighted by atomic mass is 9.85. The lowest BCUT2D eigenvalue weighted by molar-refractivity contribution is 0.263. The van der Waals surface area contributed by atoms with E-state index in [1.807, 2.05) is 0 Å². The molecular weight excluding hydrogens is 274 g/mol. The van der Waals surface area contributed by atoms with Gasteiger partial charge in [0.1, 0.15) is 0 Å². The summed E-state index contributed by atoms with van der Waals surface area (Å²) in [5.74, 6) is 0.818. The Labute approximate surface area is 113 Å². The van der Waals surface area contributed by atoms with Crippen molar-refractivity contribution >= 4 is 15.9 Å². The first kappa shape index (κ1) is 13.1. The molecule has 0 spiro atoms.